The van der Waals surface area contributed by atoms with Crippen LogP contribution in [0.2, 0.25) is 5.02 Å². The number of halogens is 1. The molecule has 1 spiro atoms. The Morgan fingerprint density at radius 3 is 2.40 bits per heavy atom. The molecule has 8 nitrogen and oxygen atoms in total. The molecule has 3 saturated heterocycles. The van der Waals surface area contributed by atoms with Gasteiger partial charge in [0.2, 0.25) is 11.8 Å². The summed E-state index contributed by atoms with van der Waals surface area (Å²) in [4.78, 5) is 48.5. The van der Waals surface area contributed by atoms with Gasteiger partial charge in [0, 0.05) is 43.5 Å². The van der Waals surface area contributed by atoms with Crippen LogP contribution in [0.5, 0.6) is 0 Å². The molecule has 2 bridgehead atoms. The zero-order valence-corrected chi connectivity index (χ0v) is 25.4. The van der Waals surface area contributed by atoms with Crippen LogP contribution < -0.4 is 4.90 Å². The highest BCUT2D eigenvalue weighted by Crippen LogP contribution is 2.64. The number of likely N-dealkylation sites (tertiary alicyclic amines) is 1. The molecule has 9 heteroatoms. The standard InChI is InChI=1S/C34H40ClN3O5/c1-4-19-36(23-24-11-8-7-9-12-24)30(40)27-28-31(41)38(21-10-22-39)29(34(28)18-17-33(27,6-3)43-34)32(42)37(20-5-2)26-15-13-25(35)14-16-26/h4-5,7-9,11-16,27-29,39H,1-2,6,10,17-23H2,3H3/t27-,28+,29?,33+,34?/m1/s1. The normalized spacial score (nSPS) is 27.2. The van der Waals surface area contributed by atoms with Gasteiger partial charge in [-0.1, -0.05) is 61.0 Å². The van der Waals surface area contributed by atoms with Crippen molar-refractivity contribution in [3.63, 3.8) is 0 Å². The van der Waals surface area contributed by atoms with Gasteiger partial charge in [-0.3, -0.25) is 14.4 Å². The van der Waals surface area contributed by atoms with Gasteiger partial charge in [-0.2, -0.15) is 0 Å². The number of carbonyl (C=O) groups is 3. The van der Waals surface area contributed by atoms with Crippen LogP contribution in [0.3, 0.4) is 0 Å². The average molecular weight is 606 g/mol. The number of ether oxygens (including phenoxy) is 1. The fourth-order valence-electron chi connectivity index (χ4n) is 7.46. The monoisotopic (exact) mass is 605 g/mol. The van der Waals surface area contributed by atoms with Crippen LogP contribution in [-0.2, 0) is 25.7 Å². The van der Waals surface area contributed by atoms with Gasteiger partial charge in [0.05, 0.1) is 17.4 Å². The molecule has 228 valence electrons. The first-order chi connectivity index (χ1) is 20.8. The van der Waals surface area contributed by atoms with E-state index in [0.717, 1.165) is 5.56 Å². The quantitative estimate of drug-likeness (QED) is 0.337. The first-order valence-corrected chi connectivity index (χ1v) is 15.4. The first-order valence-electron chi connectivity index (χ1n) is 15.0. The summed E-state index contributed by atoms with van der Waals surface area (Å²) in [6.07, 6.45) is 5.22. The second kappa shape index (κ2) is 12.6. The largest absolute Gasteiger partial charge is 0.396 e. The summed E-state index contributed by atoms with van der Waals surface area (Å²) < 4.78 is 6.94. The van der Waals surface area contributed by atoms with E-state index < -0.39 is 29.1 Å². The molecule has 1 N–H and O–H groups in total. The molecule has 2 aromatic rings. The molecule has 3 aliphatic rings. The van der Waals surface area contributed by atoms with E-state index in [1.54, 1.807) is 51.1 Å². The van der Waals surface area contributed by atoms with E-state index in [2.05, 4.69) is 13.2 Å². The van der Waals surface area contributed by atoms with E-state index in [1.165, 1.54) is 0 Å². The molecule has 2 unspecified atom stereocenters. The molecule has 43 heavy (non-hydrogen) atoms. The molecule has 3 amide bonds. The molecule has 5 rings (SSSR count). The summed E-state index contributed by atoms with van der Waals surface area (Å²) in [6.45, 7) is 10.7. The lowest BCUT2D eigenvalue weighted by Crippen LogP contribution is -2.56. The highest BCUT2D eigenvalue weighted by Gasteiger charge is 2.79. The van der Waals surface area contributed by atoms with Crippen molar-refractivity contribution in [1.29, 1.82) is 0 Å². The number of hydrogen-bond donors (Lipinski definition) is 1. The lowest BCUT2D eigenvalue weighted by molar-refractivity contribution is -0.151. The maximum Gasteiger partial charge on any atom is 0.253 e. The van der Waals surface area contributed by atoms with Gasteiger partial charge in [-0.25, -0.2) is 0 Å². The number of anilines is 1. The van der Waals surface area contributed by atoms with Gasteiger partial charge in [-0.15, -0.1) is 13.2 Å². The number of aliphatic hydroxyl groups is 1. The van der Waals surface area contributed by atoms with Crippen LogP contribution in [0.15, 0.2) is 79.9 Å². The molecule has 5 atom stereocenters. The Labute approximate surface area is 258 Å². The molecule has 0 aliphatic carbocycles. The number of hydrogen-bond acceptors (Lipinski definition) is 5. The topological polar surface area (TPSA) is 90.4 Å². The van der Waals surface area contributed by atoms with Crippen molar-refractivity contribution < 1.29 is 24.2 Å². The van der Waals surface area contributed by atoms with Gasteiger partial charge >= 0.3 is 0 Å². The number of rotatable bonds is 13. The van der Waals surface area contributed by atoms with E-state index in [4.69, 9.17) is 16.3 Å². The minimum Gasteiger partial charge on any atom is -0.396 e. The Kier molecular flexibility index (Phi) is 9.11. The van der Waals surface area contributed by atoms with Crippen molar-refractivity contribution in [2.45, 2.75) is 56.4 Å². The van der Waals surface area contributed by atoms with E-state index in [1.807, 2.05) is 37.3 Å². The lowest BCUT2D eigenvalue weighted by atomic mass is 9.64. The average Bonchev–Trinajstić information content (AvgIpc) is 3.62. The van der Waals surface area contributed by atoms with Gasteiger partial charge in [-0.05, 0) is 55.5 Å². The van der Waals surface area contributed by atoms with E-state index >= 15 is 0 Å². The summed E-state index contributed by atoms with van der Waals surface area (Å²) in [5.74, 6) is -2.31. The van der Waals surface area contributed by atoms with Gasteiger partial charge in [0.25, 0.3) is 5.91 Å². The van der Waals surface area contributed by atoms with Crippen molar-refractivity contribution in [3.05, 3.63) is 90.5 Å². The number of amides is 3. The van der Waals surface area contributed by atoms with Crippen LogP contribution in [0, 0.1) is 11.8 Å². The number of benzene rings is 2. The predicted molar refractivity (Wildman–Crippen MR) is 166 cm³/mol. The van der Waals surface area contributed by atoms with Gasteiger partial charge in [0.1, 0.15) is 11.6 Å². The molecule has 3 aliphatic heterocycles. The highest BCUT2D eigenvalue weighted by molar-refractivity contribution is 6.30. The van der Waals surface area contributed by atoms with E-state index in [0.29, 0.717) is 49.5 Å². The van der Waals surface area contributed by atoms with Crippen molar-refractivity contribution in [3.8, 4) is 0 Å². The maximum absolute atomic E-state index is 14.6. The van der Waals surface area contributed by atoms with Crippen molar-refractivity contribution in [2.75, 3.05) is 31.1 Å². The second-order valence-corrected chi connectivity index (χ2v) is 12.1. The Balaban J connectivity index is 1.57. The Hall–Kier alpha value is -3.46. The first kappa shape index (κ1) is 31.0. The molecule has 0 radical (unpaired) electrons. The third-order valence-corrected chi connectivity index (χ3v) is 9.58. The second-order valence-electron chi connectivity index (χ2n) is 11.6. The van der Waals surface area contributed by atoms with Crippen LogP contribution in [-0.4, -0.2) is 76.1 Å². The molecule has 3 fully saturated rings. The smallest absolute Gasteiger partial charge is 0.253 e. The number of nitrogens with zero attached hydrogens (tertiary/aromatic N) is 3. The number of carbonyl (C=O) groups excluding carboxylic acids is 3. The van der Waals surface area contributed by atoms with Gasteiger partial charge in [0.15, 0.2) is 0 Å². The van der Waals surface area contributed by atoms with Crippen LogP contribution in [0.4, 0.5) is 5.69 Å². The summed E-state index contributed by atoms with van der Waals surface area (Å²) >= 11 is 6.14. The minimum absolute atomic E-state index is 0.137. The molecular formula is C34H40ClN3O5. The zero-order valence-electron chi connectivity index (χ0n) is 24.7. The van der Waals surface area contributed by atoms with Crippen molar-refractivity contribution in [1.82, 2.24) is 9.80 Å². The molecule has 2 aromatic carbocycles. The highest BCUT2D eigenvalue weighted by atomic mass is 35.5. The van der Waals surface area contributed by atoms with Crippen LogP contribution >= 0.6 is 11.6 Å². The fraction of sp³-hybridized carbons (Fsp3) is 0.441. The fourth-order valence-corrected chi connectivity index (χ4v) is 7.59. The Morgan fingerprint density at radius 1 is 1.07 bits per heavy atom. The summed E-state index contributed by atoms with van der Waals surface area (Å²) in [6, 6.07) is 15.7. The summed E-state index contributed by atoms with van der Waals surface area (Å²) in [7, 11) is 0. The predicted octanol–water partition coefficient (Wildman–Crippen LogP) is 4.61. The minimum atomic E-state index is -1.17. The molecule has 0 aromatic heterocycles. The van der Waals surface area contributed by atoms with Crippen LogP contribution in [0.1, 0.15) is 38.2 Å². The van der Waals surface area contributed by atoms with Crippen molar-refractivity contribution >= 4 is 35.0 Å². The third-order valence-electron chi connectivity index (χ3n) is 9.33. The van der Waals surface area contributed by atoms with Gasteiger partial charge < -0.3 is 24.5 Å². The zero-order chi connectivity index (χ0) is 30.8. The van der Waals surface area contributed by atoms with E-state index in [-0.39, 0.29) is 37.4 Å². The number of fused-ring (bicyclic) bond motifs is 1. The maximum atomic E-state index is 14.6. The summed E-state index contributed by atoms with van der Waals surface area (Å²) in [5, 5.41) is 10.2. The lowest BCUT2D eigenvalue weighted by Gasteiger charge is -2.37. The number of aliphatic hydroxyl groups excluding tert-OH is 1. The van der Waals surface area contributed by atoms with Crippen molar-refractivity contribution in [2.24, 2.45) is 11.8 Å². The van der Waals surface area contributed by atoms with E-state index in [9.17, 15) is 19.5 Å². The Bertz CT molecular complexity index is 1370. The molecular weight excluding hydrogens is 566 g/mol. The third kappa shape index (κ3) is 5.30. The van der Waals surface area contributed by atoms with Crippen LogP contribution in [0.25, 0.3) is 0 Å². The summed E-state index contributed by atoms with van der Waals surface area (Å²) in [5.41, 5.74) is -0.439. The Morgan fingerprint density at radius 2 is 1.77 bits per heavy atom. The molecule has 0 saturated carbocycles. The molecule has 3 heterocycles. The SMILES string of the molecule is C=CCN(Cc1ccccc1)C(=O)[C@H]1[C@H]2C(=O)N(CCCO)C(C(=O)N(CC=C)c3ccc(Cl)cc3)C23CC[C@]1(CC)O3.